The molecule has 0 unspecified atom stereocenters. The summed E-state index contributed by atoms with van der Waals surface area (Å²) < 4.78 is 1.10. The molecule has 4 aromatic rings. The van der Waals surface area contributed by atoms with Crippen LogP contribution in [-0.2, 0) is 6.42 Å². The first-order chi connectivity index (χ1) is 14.0. The van der Waals surface area contributed by atoms with Crippen molar-refractivity contribution in [2.75, 3.05) is 5.32 Å². The van der Waals surface area contributed by atoms with Crippen molar-refractivity contribution in [2.45, 2.75) is 20.3 Å². The first kappa shape index (κ1) is 19.8. The lowest BCUT2D eigenvalue weighted by atomic mass is 10.1. The number of benzene rings is 1. The molecule has 0 atom stereocenters. The number of nitrogens with zero attached hydrogens (tertiary/aromatic N) is 4. The lowest BCUT2D eigenvalue weighted by Gasteiger charge is -2.02. The Labute approximate surface area is 184 Å². The summed E-state index contributed by atoms with van der Waals surface area (Å²) in [6.07, 6.45) is 5.89. The van der Waals surface area contributed by atoms with E-state index in [9.17, 15) is 4.79 Å². The maximum absolute atomic E-state index is 12.7. The van der Waals surface area contributed by atoms with E-state index in [1.165, 1.54) is 33.8 Å². The maximum Gasteiger partial charge on any atom is 0.269 e. The number of thiazole rings is 2. The molecule has 0 spiro atoms. The van der Waals surface area contributed by atoms with Crippen LogP contribution in [0, 0.1) is 13.8 Å². The molecule has 4 rings (SSSR count). The number of aromatic nitrogens is 4. The summed E-state index contributed by atoms with van der Waals surface area (Å²) in [5.74, 6) is 0.295. The van der Waals surface area contributed by atoms with Gasteiger partial charge in [-0.05, 0) is 37.1 Å². The van der Waals surface area contributed by atoms with Crippen molar-refractivity contribution in [1.29, 1.82) is 0 Å². The van der Waals surface area contributed by atoms with Gasteiger partial charge in [0.1, 0.15) is 4.88 Å². The number of aryl methyl sites for hydroxylation is 2. The third-order valence-electron chi connectivity index (χ3n) is 4.13. The van der Waals surface area contributed by atoms with Gasteiger partial charge in [-0.25, -0.2) is 19.9 Å². The summed E-state index contributed by atoms with van der Waals surface area (Å²) in [7, 11) is 0. The zero-order valence-electron chi connectivity index (χ0n) is 15.6. The number of amides is 1. The molecule has 0 bridgehead atoms. The van der Waals surface area contributed by atoms with E-state index in [1.807, 2.05) is 0 Å². The van der Waals surface area contributed by atoms with Gasteiger partial charge in [0.2, 0.25) is 0 Å². The molecular weight excluding hydrogens is 470 g/mol. The van der Waals surface area contributed by atoms with Crippen LogP contribution in [0.15, 0.2) is 47.3 Å². The van der Waals surface area contributed by atoms with E-state index in [4.69, 9.17) is 0 Å². The third-order valence-corrected chi connectivity index (χ3v) is 7.09. The molecule has 0 radical (unpaired) electrons. The first-order valence-electron chi connectivity index (χ1n) is 8.75. The standard InChI is InChI=1S/C20H16BrN5OS2/c1-11-8-13(4-5-15(11)21)9-14-10-24-20(28-14)26-18(27)16-12(2)25-19(29-16)17-22-6-3-7-23-17/h3-8,10H,9H2,1-2H3,(H,24,26,27). The lowest BCUT2D eigenvalue weighted by Crippen LogP contribution is -2.11. The number of anilines is 1. The van der Waals surface area contributed by atoms with Crippen LogP contribution >= 0.6 is 38.6 Å². The van der Waals surface area contributed by atoms with E-state index in [1.54, 1.807) is 31.6 Å². The monoisotopic (exact) mass is 485 g/mol. The number of nitrogens with one attached hydrogen (secondary N) is 1. The van der Waals surface area contributed by atoms with Gasteiger partial charge in [-0.1, -0.05) is 28.1 Å². The van der Waals surface area contributed by atoms with Crippen LogP contribution < -0.4 is 5.32 Å². The molecule has 0 aliphatic heterocycles. The van der Waals surface area contributed by atoms with Crippen LogP contribution in [0.4, 0.5) is 5.13 Å². The van der Waals surface area contributed by atoms with Crippen LogP contribution in [0.25, 0.3) is 10.8 Å². The van der Waals surface area contributed by atoms with Crippen molar-refractivity contribution in [1.82, 2.24) is 19.9 Å². The summed E-state index contributed by atoms with van der Waals surface area (Å²) in [6.45, 7) is 3.87. The van der Waals surface area contributed by atoms with Crippen molar-refractivity contribution in [3.8, 4) is 10.8 Å². The van der Waals surface area contributed by atoms with Gasteiger partial charge < -0.3 is 0 Å². The summed E-state index contributed by atoms with van der Waals surface area (Å²) >= 11 is 6.27. The van der Waals surface area contributed by atoms with Crippen LogP contribution in [0.1, 0.15) is 31.4 Å². The van der Waals surface area contributed by atoms with Gasteiger partial charge in [-0.3, -0.25) is 10.1 Å². The van der Waals surface area contributed by atoms with E-state index in [0.717, 1.165) is 15.8 Å². The van der Waals surface area contributed by atoms with Crippen molar-refractivity contribution in [3.63, 3.8) is 0 Å². The second-order valence-corrected chi connectivity index (χ2v) is 9.32. The molecule has 0 fully saturated rings. The highest BCUT2D eigenvalue weighted by atomic mass is 79.9. The minimum absolute atomic E-state index is 0.220. The van der Waals surface area contributed by atoms with Gasteiger partial charge in [-0.2, -0.15) is 0 Å². The Kier molecular flexibility index (Phi) is 5.79. The molecule has 1 N–H and O–H groups in total. The van der Waals surface area contributed by atoms with E-state index < -0.39 is 0 Å². The molecule has 29 heavy (non-hydrogen) atoms. The molecule has 3 heterocycles. The predicted molar refractivity (Wildman–Crippen MR) is 120 cm³/mol. The number of rotatable bonds is 5. The van der Waals surface area contributed by atoms with Crippen molar-refractivity contribution in [2.24, 2.45) is 0 Å². The first-order valence-corrected chi connectivity index (χ1v) is 11.2. The maximum atomic E-state index is 12.7. The van der Waals surface area contributed by atoms with Crippen molar-refractivity contribution >= 4 is 49.6 Å². The zero-order chi connectivity index (χ0) is 20.4. The Bertz CT molecular complexity index is 1170. The van der Waals surface area contributed by atoms with Crippen molar-refractivity contribution < 1.29 is 4.79 Å². The number of halogens is 1. The molecule has 3 aromatic heterocycles. The highest BCUT2D eigenvalue weighted by Gasteiger charge is 2.18. The number of carbonyl (C=O) groups excluding carboxylic acids is 1. The van der Waals surface area contributed by atoms with Gasteiger partial charge in [0.05, 0.1) is 5.69 Å². The average Bonchev–Trinajstić information content (AvgIpc) is 3.32. The highest BCUT2D eigenvalue weighted by molar-refractivity contribution is 9.10. The molecule has 146 valence electrons. The van der Waals surface area contributed by atoms with Crippen LogP contribution in [0.3, 0.4) is 0 Å². The minimum atomic E-state index is -0.220. The largest absolute Gasteiger partial charge is 0.297 e. The SMILES string of the molecule is Cc1cc(Cc2cnc(NC(=O)c3sc(-c4ncccn4)nc3C)s2)ccc1Br. The summed E-state index contributed by atoms with van der Waals surface area (Å²) in [6, 6.07) is 8.03. The van der Waals surface area contributed by atoms with E-state index in [0.29, 0.717) is 26.5 Å². The summed E-state index contributed by atoms with van der Waals surface area (Å²) in [5, 5.41) is 4.08. The Morgan fingerprint density at radius 2 is 1.93 bits per heavy atom. The summed E-state index contributed by atoms with van der Waals surface area (Å²) in [4.78, 5) is 31.5. The van der Waals surface area contributed by atoms with Crippen LogP contribution in [-0.4, -0.2) is 25.8 Å². The highest BCUT2D eigenvalue weighted by Crippen LogP contribution is 2.28. The summed E-state index contributed by atoms with van der Waals surface area (Å²) in [5.41, 5.74) is 3.05. The molecule has 1 amide bonds. The van der Waals surface area contributed by atoms with Gasteiger partial charge in [-0.15, -0.1) is 22.7 Å². The molecule has 0 saturated carbocycles. The van der Waals surface area contributed by atoms with E-state index >= 15 is 0 Å². The molecular formula is C20H16BrN5OS2. The molecule has 9 heteroatoms. The van der Waals surface area contributed by atoms with Crippen LogP contribution in [0.2, 0.25) is 0 Å². The second kappa shape index (κ2) is 8.48. The van der Waals surface area contributed by atoms with Gasteiger partial charge in [0, 0.05) is 34.4 Å². The number of hydrogen-bond acceptors (Lipinski definition) is 7. The fourth-order valence-corrected chi connectivity index (χ4v) is 4.73. The average molecular weight is 486 g/mol. The zero-order valence-corrected chi connectivity index (χ0v) is 18.9. The Morgan fingerprint density at radius 1 is 1.14 bits per heavy atom. The minimum Gasteiger partial charge on any atom is -0.297 e. The lowest BCUT2D eigenvalue weighted by molar-refractivity contribution is 0.103. The number of hydrogen-bond donors (Lipinski definition) is 1. The fourth-order valence-electron chi connectivity index (χ4n) is 2.73. The molecule has 0 aliphatic rings. The smallest absolute Gasteiger partial charge is 0.269 e. The second-order valence-electron chi connectivity index (χ2n) is 6.35. The molecule has 6 nitrogen and oxygen atoms in total. The Balaban J connectivity index is 1.47. The van der Waals surface area contributed by atoms with E-state index in [-0.39, 0.29) is 5.91 Å². The third kappa shape index (κ3) is 4.58. The molecule has 0 saturated heterocycles. The van der Waals surface area contributed by atoms with E-state index in [2.05, 4.69) is 66.3 Å². The Morgan fingerprint density at radius 3 is 2.69 bits per heavy atom. The van der Waals surface area contributed by atoms with Crippen LogP contribution in [0.5, 0.6) is 0 Å². The topological polar surface area (TPSA) is 80.7 Å². The predicted octanol–water partition coefficient (Wildman–Crippen LogP) is 5.28. The molecule has 1 aromatic carbocycles. The fraction of sp³-hybridized carbons (Fsp3) is 0.150. The van der Waals surface area contributed by atoms with Gasteiger partial charge in [0.15, 0.2) is 16.0 Å². The Hall–Kier alpha value is -2.49. The quantitative estimate of drug-likeness (QED) is 0.415. The number of carbonyl (C=O) groups is 1. The van der Waals surface area contributed by atoms with Gasteiger partial charge in [0.25, 0.3) is 5.91 Å². The van der Waals surface area contributed by atoms with Gasteiger partial charge >= 0.3 is 0 Å². The molecule has 0 aliphatic carbocycles. The normalized spacial score (nSPS) is 10.9. The van der Waals surface area contributed by atoms with Crippen molar-refractivity contribution in [3.05, 3.63) is 73.9 Å².